The van der Waals surface area contributed by atoms with Gasteiger partial charge in [-0.3, -0.25) is 10.1 Å². The zero-order chi connectivity index (χ0) is 21.0. The molecule has 148 valence electrons. The topological polar surface area (TPSA) is 52.4 Å². The molecule has 0 saturated heterocycles. The van der Waals surface area contributed by atoms with Crippen molar-refractivity contribution in [3.8, 4) is 11.1 Å². The van der Waals surface area contributed by atoms with Crippen LogP contribution in [0.1, 0.15) is 16.7 Å². The van der Waals surface area contributed by atoms with E-state index in [-0.39, 0.29) is 10.6 Å². The zero-order valence-corrected chi connectivity index (χ0v) is 18.6. The first kappa shape index (κ1) is 19.8. The Balaban J connectivity index is 2.10. The summed E-state index contributed by atoms with van der Waals surface area (Å²) >= 11 is 0. The fraction of sp³-hybridized carbons (Fsp3) is 0.0400. The molecule has 0 bridgehead atoms. The van der Waals surface area contributed by atoms with E-state index in [0.717, 1.165) is 16.7 Å². The molecule has 30 heavy (non-hydrogen) atoms. The Morgan fingerprint density at radius 2 is 1.20 bits per heavy atom. The van der Waals surface area contributed by atoms with Crippen LogP contribution < -0.4 is 0 Å². The Labute approximate surface area is 178 Å². The summed E-state index contributed by atoms with van der Waals surface area (Å²) in [5.74, 6) is 0. The predicted molar refractivity (Wildman–Crippen MR) is 122 cm³/mol. The maximum atomic E-state index is 12.4. The van der Waals surface area contributed by atoms with Crippen LogP contribution in [0.3, 0.4) is 0 Å². The number of hydrogen-bond acceptors (Lipinski definition) is 3. The predicted octanol–water partition coefficient (Wildman–Crippen LogP) is 4.85. The molecular weight excluding hydrogens is 390 g/mol. The Morgan fingerprint density at radius 3 is 1.67 bits per heavy atom. The van der Waals surface area contributed by atoms with E-state index in [1.54, 1.807) is 6.07 Å². The van der Waals surface area contributed by atoms with Gasteiger partial charge in [0.2, 0.25) is 0 Å². The van der Waals surface area contributed by atoms with Crippen LogP contribution in [0.2, 0.25) is 0 Å². The Bertz CT molecular complexity index is 1110. The molecule has 0 aliphatic heterocycles. The minimum absolute atomic E-state index is 0.0623. The zero-order valence-electron chi connectivity index (χ0n) is 16.6. The molecule has 4 aromatic rings. The van der Waals surface area contributed by atoms with Crippen LogP contribution in [0.5, 0.6) is 0 Å². The third-order valence-electron chi connectivity index (χ3n) is 5.35. The van der Waals surface area contributed by atoms with Crippen LogP contribution in [0.15, 0.2) is 109 Å². The van der Waals surface area contributed by atoms with Gasteiger partial charge in [-0.2, -0.15) is 0 Å². The van der Waals surface area contributed by atoms with Crippen molar-refractivity contribution < 1.29 is 9.35 Å². The van der Waals surface area contributed by atoms with E-state index in [2.05, 4.69) is 0 Å². The van der Waals surface area contributed by atoms with Crippen LogP contribution in [0.4, 0.5) is 5.69 Å². The van der Waals surface area contributed by atoms with Crippen molar-refractivity contribution in [3.63, 3.8) is 0 Å². The fourth-order valence-electron chi connectivity index (χ4n) is 4.04. The molecule has 5 heteroatoms. The fourth-order valence-corrected chi connectivity index (χ4v) is 4.74. The summed E-state index contributed by atoms with van der Waals surface area (Å²) in [5, 5.41) is 12.4. The molecule has 0 spiro atoms. The summed E-state index contributed by atoms with van der Waals surface area (Å²) < 4.78 is 6.31. The highest BCUT2D eigenvalue weighted by atomic mass is 28.2. The van der Waals surface area contributed by atoms with E-state index < -0.39 is 5.60 Å². The number of nitro groups is 1. The molecule has 0 fully saturated rings. The van der Waals surface area contributed by atoms with Gasteiger partial charge in [0, 0.05) is 0 Å². The van der Waals surface area contributed by atoms with Gasteiger partial charge in [-0.1, -0.05) is 97.1 Å². The molecule has 4 aromatic carbocycles. The molecule has 0 aliphatic rings. The Kier molecular flexibility index (Phi) is 5.56. The van der Waals surface area contributed by atoms with E-state index >= 15 is 0 Å². The highest BCUT2D eigenvalue weighted by molar-refractivity contribution is 5.99. The van der Waals surface area contributed by atoms with Gasteiger partial charge in [-0.05, 0) is 28.8 Å². The molecule has 0 N–H and O–H groups in total. The lowest BCUT2D eigenvalue weighted by atomic mass is 9.78. The van der Waals surface area contributed by atoms with Crippen molar-refractivity contribution in [1.82, 2.24) is 0 Å². The first-order valence-electron chi connectivity index (χ1n) is 9.68. The van der Waals surface area contributed by atoms with E-state index in [1.807, 2.05) is 103 Å². The largest absolute Gasteiger partial charge is 0.411 e. The molecule has 4 rings (SSSR count). The number of benzene rings is 4. The maximum Gasteiger partial charge on any atom is 0.283 e. The second kappa shape index (κ2) is 8.45. The molecule has 0 unspecified atom stereocenters. The average molecular weight is 412 g/mol. The van der Waals surface area contributed by atoms with Crippen molar-refractivity contribution in [2.45, 2.75) is 5.60 Å². The number of hydrogen-bond donors (Lipinski definition) is 0. The second-order valence-corrected chi connectivity index (χ2v) is 7.35. The smallest absolute Gasteiger partial charge is 0.283 e. The lowest BCUT2D eigenvalue weighted by molar-refractivity contribution is -0.385. The molecule has 0 heterocycles. The number of nitrogens with zero attached hydrogens (tertiary/aromatic N) is 1. The summed E-state index contributed by atoms with van der Waals surface area (Å²) in [6, 6.07) is 34.4. The third kappa shape index (κ3) is 3.34. The number of rotatable bonds is 6. The maximum absolute atomic E-state index is 12.4. The van der Waals surface area contributed by atoms with Crippen LogP contribution >= 0.6 is 0 Å². The molecule has 4 nitrogen and oxygen atoms in total. The Hall–Kier alpha value is -3.54. The summed E-state index contributed by atoms with van der Waals surface area (Å²) in [7, 11) is 0.390. The van der Waals surface area contributed by atoms with E-state index in [4.69, 9.17) is 4.43 Å². The average Bonchev–Trinajstić information content (AvgIpc) is 2.82. The molecule has 0 amide bonds. The standard InChI is InChI=1S/C25H21NO3Si/c27-26(28)24-22(19-11-4-1-5-12-19)17-10-18-23(24)25(29-30,20-13-6-2-7-14-20)21-15-8-3-9-16-21/h1-18H,30H3. The first-order chi connectivity index (χ1) is 14.7. The van der Waals surface area contributed by atoms with Gasteiger partial charge >= 0.3 is 0 Å². The molecule has 0 aromatic heterocycles. The van der Waals surface area contributed by atoms with Gasteiger partial charge in [0.1, 0.15) is 16.1 Å². The molecule has 0 radical (unpaired) electrons. The second-order valence-electron chi connectivity index (χ2n) is 6.94. The van der Waals surface area contributed by atoms with Crippen LogP contribution in [0, 0.1) is 10.1 Å². The van der Waals surface area contributed by atoms with Gasteiger partial charge < -0.3 is 4.43 Å². The summed E-state index contributed by atoms with van der Waals surface area (Å²) in [5.41, 5.74) is 2.62. The van der Waals surface area contributed by atoms with Gasteiger partial charge in [-0.25, -0.2) is 0 Å². The van der Waals surface area contributed by atoms with Gasteiger partial charge in [-0.15, -0.1) is 0 Å². The quantitative estimate of drug-likeness (QED) is 0.197. The number of para-hydroxylation sites is 1. The lowest BCUT2D eigenvalue weighted by Gasteiger charge is -2.35. The third-order valence-corrected chi connectivity index (χ3v) is 5.96. The monoisotopic (exact) mass is 411 g/mol. The van der Waals surface area contributed by atoms with Crippen LogP contribution in [-0.2, 0) is 10.0 Å². The van der Waals surface area contributed by atoms with Crippen molar-refractivity contribution in [2.24, 2.45) is 0 Å². The van der Waals surface area contributed by atoms with Crippen molar-refractivity contribution in [2.75, 3.05) is 0 Å². The molecular formula is C25H21NO3Si. The van der Waals surface area contributed by atoms with E-state index in [1.165, 1.54) is 0 Å². The lowest BCUT2D eigenvalue weighted by Crippen LogP contribution is -2.33. The van der Waals surface area contributed by atoms with Gasteiger partial charge in [0.15, 0.2) is 0 Å². The highest BCUT2D eigenvalue weighted by Crippen LogP contribution is 2.46. The van der Waals surface area contributed by atoms with Crippen LogP contribution in [-0.4, -0.2) is 15.4 Å². The SMILES string of the molecule is O=[N+]([O-])c1c(-c2ccccc2)cccc1C(O[SiH3])(c1ccccc1)c1ccccc1. The molecule has 0 aliphatic carbocycles. The Morgan fingerprint density at radius 1 is 0.700 bits per heavy atom. The van der Waals surface area contributed by atoms with Crippen molar-refractivity contribution >= 4 is 16.2 Å². The van der Waals surface area contributed by atoms with E-state index in [0.29, 0.717) is 21.6 Å². The first-order valence-corrected chi connectivity index (χ1v) is 10.5. The van der Waals surface area contributed by atoms with Crippen molar-refractivity contribution in [1.29, 1.82) is 0 Å². The minimum atomic E-state index is -1.07. The number of nitro benzene ring substituents is 1. The molecule has 0 atom stereocenters. The van der Waals surface area contributed by atoms with Gasteiger partial charge in [0.25, 0.3) is 5.69 Å². The minimum Gasteiger partial charge on any atom is -0.411 e. The highest BCUT2D eigenvalue weighted by Gasteiger charge is 2.42. The van der Waals surface area contributed by atoms with Gasteiger partial charge in [0.05, 0.1) is 16.1 Å². The van der Waals surface area contributed by atoms with Crippen LogP contribution in [0.25, 0.3) is 11.1 Å². The van der Waals surface area contributed by atoms with Crippen molar-refractivity contribution in [3.05, 3.63) is 136 Å². The molecule has 0 saturated carbocycles. The van der Waals surface area contributed by atoms with E-state index in [9.17, 15) is 10.1 Å². The summed E-state index contributed by atoms with van der Waals surface area (Å²) in [4.78, 5) is 12.1. The summed E-state index contributed by atoms with van der Waals surface area (Å²) in [6.45, 7) is 0. The summed E-state index contributed by atoms with van der Waals surface area (Å²) in [6.07, 6.45) is 0. The normalized spacial score (nSPS) is 11.3.